The van der Waals surface area contributed by atoms with Gasteiger partial charge in [0.25, 0.3) is 5.91 Å². The monoisotopic (exact) mass is 475 g/mol. The van der Waals surface area contributed by atoms with Crippen molar-refractivity contribution in [3.05, 3.63) is 59.7 Å². The van der Waals surface area contributed by atoms with Crippen molar-refractivity contribution >= 4 is 17.5 Å². The molecule has 2 aromatic carbocycles. The molecule has 0 N–H and O–H groups in total. The van der Waals surface area contributed by atoms with Crippen LogP contribution < -0.4 is 9.64 Å². The molecule has 0 aromatic heterocycles. The van der Waals surface area contributed by atoms with Crippen LogP contribution in [0.2, 0.25) is 0 Å². The maximum atomic E-state index is 14.0. The molecule has 3 aliphatic rings. The van der Waals surface area contributed by atoms with Gasteiger partial charge in [-0.15, -0.1) is 0 Å². The molecule has 0 radical (unpaired) electrons. The van der Waals surface area contributed by atoms with Crippen molar-refractivity contribution in [2.24, 2.45) is 5.92 Å². The van der Waals surface area contributed by atoms with Gasteiger partial charge in [0.1, 0.15) is 5.75 Å². The van der Waals surface area contributed by atoms with Crippen molar-refractivity contribution in [2.45, 2.75) is 64.1 Å². The first kappa shape index (κ1) is 23.9. The van der Waals surface area contributed by atoms with Gasteiger partial charge < -0.3 is 14.5 Å². The molecule has 2 amide bonds. The van der Waals surface area contributed by atoms with Crippen molar-refractivity contribution in [3.63, 3.8) is 0 Å². The Morgan fingerprint density at radius 2 is 1.69 bits per heavy atom. The minimum atomic E-state index is -0.0145. The lowest BCUT2D eigenvalue weighted by molar-refractivity contribution is -0.116. The van der Waals surface area contributed by atoms with Gasteiger partial charge in [0.05, 0.1) is 12.7 Å². The van der Waals surface area contributed by atoms with E-state index in [9.17, 15) is 9.59 Å². The first-order valence-electron chi connectivity index (χ1n) is 13.1. The minimum Gasteiger partial charge on any atom is -0.496 e. The molecule has 2 atom stereocenters. The SMILES string of the molecule is COc1ccccc1C(=O)N1Cc2ccccc2N(C(C)=O)CCC2CCCC(C1)N2CC1CC1. The molecular weight excluding hydrogens is 438 g/mol. The summed E-state index contributed by atoms with van der Waals surface area (Å²) in [7, 11) is 1.61. The zero-order valence-corrected chi connectivity index (χ0v) is 21.0. The van der Waals surface area contributed by atoms with Gasteiger partial charge >= 0.3 is 0 Å². The number of hydrogen-bond donors (Lipinski definition) is 0. The molecular formula is C29H37N3O3. The number of benzene rings is 2. The van der Waals surface area contributed by atoms with Crippen molar-refractivity contribution in [1.82, 2.24) is 9.80 Å². The predicted molar refractivity (Wildman–Crippen MR) is 138 cm³/mol. The lowest BCUT2D eigenvalue weighted by Crippen LogP contribution is -2.53. The predicted octanol–water partition coefficient (Wildman–Crippen LogP) is 4.73. The highest BCUT2D eigenvalue weighted by Crippen LogP contribution is 2.36. The largest absolute Gasteiger partial charge is 0.496 e. The van der Waals surface area contributed by atoms with E-state index in [1.54, 1.807) is 14.0 Å². The third-order valence-electron chi connectivity index (χ3n) is 7.94. The summed E-state index contributed by atoms with van der Waals surface area (Å²) in [6, 6.07) is 16.3. The number of para-hydroxylation sites is 2. The molecule has 1 saturated carbocycles. The van der Waals surface area contributed by atoms with E-state index in [0.717, 1.165) is 43.0 Å². The molecule has 35 heavy (non-hydrogen) atoms. The van der Waals surface area contributed by atoms with Crippen LogP contribution in [0.5, 0.6) is 5.75 Å². The fourth-order valence-corrected chi connectivity index (χ4v) is 5.93. The average Bonchev–Trinajstić information content (AvgIpc) is 3.69. The van der Waals surface area contributed by atoms with Crippen molar-refractivity contribution in [1.29, 1.82) is 0 Å². The van der Waals surface area contributed by atoms with Gasteiger partial charge in [0.15, 0.2) is 0 Å². The van der Waals surface area contributed by atoms with E-state index in [1.165, 1.54) is 19.3 Å². The van der Waals surface area contributed by atoms with Crippen LogP contribution in [0, 0.1) is 5.92 Å². The molecule has 1 saturated heterocycles. The van der Waals surface area contributed by atoms with E-state index in [4.69, 9.17) is 4.74 Å². The van der Waals surface area contributed by atoms with Crippen LogP contribution in [0.4, 0.5) is 5.69 Å². The maximum Gasteiger partial charge on any atom is 0.257 e. The number of nitrogens with zero attached hydrogens (tertiary/aromatic N) is 3. The second-order valence-corrected chi connectivity index (χ2v) is 10.4. The number of methoxy groups -OCH3 is 1. The Kier molecular flexibility index (Phi) is 7.09. The molecule has 6 heteroatoms. The summed E-state index contributed by atoms with van der Waals surface area (Å²) in [6.45, 7) is 4.63. The fraction of sp³-hybridized carbons (Fsp3) is 0.517. The van der Waals surface area contributed by atoms with E-state index >= 15 is 0 Å². The van der Waals surface area contributed by atoms with Gasteiger partial charge in [-0.1, -0.05) is 36.8 Å². The molecule has 2 aromatic rings. The summed E-state index contributed by atoms with van der Waals surface area (Å²) < 4.78 is 5.55. The topological polar surface area (TPSA) is 53.1 Å². The summed E-state index contributed by atoms with van der Waals surface area (Å²) in [6.07, 6.45) is 7.03. The second kappa shape index (κ2) is 10.4. The first-order valence-corrected chi connectivity index (χ1v) is 13.1. The molecule has 2 heterocycles. The van der Waals surface area contributed by atoms with Crippen LogP contribution in [0.3, 0.4) is 0 Å². The first-order chi connectivity index (χ1) is 17.0. The van der Waals surface area contributed by atoms with E-state index in [-0.39, 0.29) is 11.8 Å². The van der Waals surface area contributed by atoms with Crippen LogP contribution in [0.15, 0.2) is 48.5 Å². The lowest BCUT2D eigenvalue weighted by Gasteiger charge is -2.44. The van der Waals surface area contributed by atoms with Crippen molar-refractivity contribution in [3.8, 4) is 5.75 Å². The standard InChI is InChI=1S/C29H37N3O3/c1-21(33)31-17-16-24-9-7-10-25(32(24)18-22-14-15-22)20-30(19-23-8-3-5-12-27(23)31)29(34)26-11-4-6-13-28(26)35-2/h3-6,8,11-13,22,24-25H,7,9-10,14-20H2,1-2H3. The highest BCUT2D eigenvalue weighted by atomic mass is 16.5. The zero-order chi connectivity index (χ0) is 24.4. The molecule has 1 aliphatic carbocycles. The number of rotatable bonds is 4. The number of anilines is 1. The Balaban J connectivity index is 1.56. The molecule has 2 unspecified atom stereocenters. The average molecular weight is 476 g/mol. The minimum absolute atomic E-state index is 0.0145. The summed E-state index contributed by atoms with van der Waals surface area (Å²) >= 11 is 0. The highest BCUT2D eigenvalue weighted by molar-refractivity contribution is 5.97. The number of piperidine rings is 1. The number of amides is 2. The van der Waals surface area contributed by atoms with E-state index in [1.807, 2.05) is 52.3 Å². The van der Waals surface area contributed by atoms with Crippen molar-refractivity contribution in [2.75, 3.05) is 31.6 Å². The van der Waals surface area contributed by atoms with Gasteiger partial charge in [-0.3, -0.25) is 14.5 Å². The van der Waals surface area contributed by atoms with Gasteiger partial charge in [0, 0.05) is 50.9 Å². The van der Waals surface area contributed by atoms with E-state index in [2.05, 4.69) is 11.0 Å². The Morgan fingerprint density at radius 3 is 2.46 bits per heavy atom. The highest BCUT2D eigenvalue weighted by Gasteiger charge is 2.37. The third-order valence-corrected chi connectivity index (χ3v) is 7.94. The van der Waals surface area contributed by atoms with Crippen LogP contribution in [-0.4, -0.2) is 60.4 Å². The number of hydrogen-bond acceptors (Lipinski definition) is 4. The number of fused-ring (bicyclic) bond motifs is 3. The van der Waals surface area contributed by atoms with Crippen LogP contribution in [-0.2, 0) is 11.3 Å². The summed E-state index contributed by atoms with van der Waals surface area (Å²) in [4.78, 5) is 33.4. The smallest absolute Gasteiger partial charge is 0.257 e. The van der Waals surface area contributed by atoms with Gasteiger partial charge in [-0.25, -0.2) is 0 Å². The Morgan fingerprint density at radius 1 is 0.943 bits per heavy atom. The number of carbonyl (C=O) groups excluding carboxylic acids is 2. The Bertz CT molecular complexity index is 1070. The van der Waals surface area contributed by atoms with Crippen LogP contribution in [0.25, 0.3) is 0 Å². The van der Waals surface area contributed by atoms with Crippen LogP contribution in [0.1, 0.15) is 61.4 Å². The van der Waals surface area contributed by atoms with Crippen LogP contribution >= 0.6 is 0 Å². The molecule has 2 bridgehead atoms. The number of ether oxygens (including phenoxy) is 1. The zero-order valence-electron chi connectivity index (χ0n) is 21.0. The van der Waals surface area contributed by atoms with Gasteiger partial charge in [-0.2, -0.15) is 0 Å². The number of carbonyl (C=O) groups is 2. The molecule has 2 fully saturated rings. The molecule has 6 nitrogen and oxygen atoms in total. The summed E-state index contributed by atoms with van der Waals surface area (Å²) in [5, 5.41) is 0. The van der Waals surface area contributed by atoms with E-state index < -0.39 is 0 Å². The van der Waals surface area contributed by atoms with Gasteiger partial charge in [0.2, 0.25) is 5.91 Å². The fourth-order valence-electron chi connectivity index (χ4n) is 5.93. The Hall–Kier alpha value is -2.86. The molecule has 186 valence electrons. The summed E-state index contributed by atoms with van der Waals surface area (Å²) in [5.41, 5.74) is 2.52. The molecule has 2 aliphatic heterocycles. The summed E-state index contributed by atoms with van der Waals surface area (Å²) in [5.74, 6) is 1.42. The van der Waals surface area contributed by atoms with E-state index in [0.29, 0.717) is 43.0 Å². The normalized spacial score (nSPS) is 23.3. The molecule has 0 spiro atoms. The van der Waals surface area contributed by atoms with Crippen molar-refractivity contribution < 1.29 is 14.3 Å². The quantitative estimate of drug-likeness (QED) is 0.642. The second-order valence-electron chi connectivity index (χ2n) is 10.4. The lowest BCUT2D eigenvalue weighted by atomic mass is 9.92. The molecule has 5 rings (SSSR count). The third kappa shape index (κ3) is 5.22. The Labute approximate surface area is 208 Å². The van der Waals surface area contributed by atoms with Gasteiger partial charge in [-0.05, 0) is 61.8 Å². The maximum absolute atomic E-state index is 14.0.